The van der Waals surface area contributed by atoms with Crippen LogP contribution in [0.25, 0.3) is 5.57 Å². The summed E-state index contributed by atoms with van der Waals surface area (Å²) in [6, 6.07) is 11.3. The molecule has 0 atom stereocenters. The molecule has 0 unspecified atom stereocenters. The average molecular weight is 350 g/mol. The van der Waals surface area contributed by atoms with Gasteiger partial charge < -0.3 is 10.4 Å². The van der Waals surface area contributed by atoms with Crippen LogP contribution >= 0.6 is 23.2 Å². The normalized spacial score (nSPS) is 11.2. The van der Waals surface area contributed by atoms with Crippen molar-refractivity contribution in [1.29, 1.82) is 0 Å². The SMILES string of the molecule is CC(=CC(=O)Nc1ccccc1C(=O)O)c1ccc(Cl)c(Cl)c1. The van der Waals surface area contributed by atoms with Crippen LogP contribution in [0.2, 0.25) is 10.0 Å². The minimum atomic E-state index is -1.11. The fraction of sp³-hybridized carbons (Fsp3) is 0.0588. The Kier molecular flexibility index (Phi) is 5.42. The predicted octanol–water partition coefficient (Wildman–Crippen LogP) is 4.73. The number of carboxylic acid groups (broad SMARTS) is 1. The van der Waals surface area contributed by atoms with Crippen molar-refractivity contribution in [2.24, 2.45) is 0 Å². The van der Waals surface area contributed by atoms with Crippen LogP contribution in [0.5, 0.6) is 0 Å². The number of carbonyl (C=O) groups is 2. The molecule has 0 radical (unpaired) electrons. The summed E-state index contributed by atoms with van der Waals surface area (Å²) >= 11 is 11.8. The van der Waals surface area contributed by atoms with Crippen molar-refractivity contribution in [2.45, 2.75) is 6.92 Å². The molecule has 2 N–H and O–H groups in total. The number of hydrogen-bond donors (Lipinski definition) is 2. The van der Waals surface area contributed by atoms with Gasteiger partial charge in [-0.25, -0.2) is 4.79 Å². The van der Waals surface area contributed by atoms with Crippen LogP contribution in [0.4, 0.5) is 5.69 Å². The maximum atomic E-state index is 12.1. The number of anilines is 1. The number of nitrogens with one attached hydrogen (secondary N) is 1. The second-order valence-corrected chi connectivity index (χ2v) is 5.61. The second kappa shape index (κ2) is 7.31. The number of carboxylic acids is 1. The lowest BCUT2D eigenvalue weighted by atomic mass is 10.1. The van der Waals surface area contributed by atoms with E-state index in [9.17, 15) is 9.59 Å². The van der Waals surface area contributed by atoms with E-state index in [0.717, 1.165) is 5.56 Å². The summed E-state index contributed by atoms with van der Waals surface area (Å²) in [5.74, 6) is -1.53. The zero-order valence-electron chi connectivity index (χ0n) is 12.1. The summed E-state index contributed by atoms with van der Waals surface area (Å²) in [7, 11) is 0. The van der Waals surface area contributed by atoms with Crippen molar-refractivity contribution in [2.75, 3.05) is 5.32 Å². The highest BCUT2D eigenvalue weighted by molar-refractivity contribution is 6.42. The highest BCUT2D eigenvalue weighted by Crippen LogP contribution is 2.26. The summed E-state index contributed by atoms with van der Waals surface area (Å²) in [6.45, 7) is 1.75. The van der Waals surface area contributed by atoms with Crippen LogP contribution in [-0.2, 0) is 4.79 Å². The Morgan fingerprint density at radius 2 is 1.78 bits per heavy atom. The number of rotatable bonds is 4. The summed E-state index contributed by atoms with van der Waals surface area (Å²) < 4.78 is 0. The van der Waals surface area contributed by atoms with E-state index in [2.05, 4.69) is 5.32 Å². The fourth-order valence-corrected chi connectivity index (χ4v) is 2.27. The first-order valence-corrected chi connectivity index (χ1v) is 7.41. The first-order valence-electron chi connectivity index (χ1n) is 6.65. The third kappa shape index (κ3) is 4.34. The number of aromatic carboxylic acids is 1. The molecule has 2 rings (SSSR count). The minimum absolute atomic E-state index is 0.0291. The molecule has 0 bridgehead atoms. The topological polar surface area (TPSA) is 66.4 Å². The molecular formula is C17H13Cl2NO3. The fourth-order valence-electron chi connectivity index (χ4n) is 1.97. The monoisotopic (exact) mass is 349 g/mol. The van der Waals surface area contributed by atoms with Crippen LogP contribution in [-0.4, -0.2) is 17.0 Å². The van der Waals surface area contributed by atoms with Gasteiger partial charge in [0.2, 0.25) is 5.91 Å². The average Bonchev–Trinajstić information content (AvgIpc) is 2.50. The van der Waals surface area contributed by atoms with Gasteiger partial charge in [0.1, 0.15) is 0 Å². The van der Waals surface area contributed by atoms with Crippen molar-refractivity contribution in [3.63, 3.8) is 0 Å². The van der Waals surface area contributed by atoms with Crippen molar-refractivity contribution in [1.82, 2.24) is 0 Å². The Morgan fingerprint density at radius 1 is 1.09 bits per heavy atom. The quantitative estimate of drug-likeness (QED) is 0.783. The van der Waals surface area contributed by atoms with Crippen LogP contribution in [0, 0.1) is 0 Å². The molecule has 0 saturated heterocycles. The van der Waals surface area contributed by atoms with Gasteiger partial charge in [-0.05, 0) is 42.3 Å². The Bertz CT molecular complexity index is 800. The van der Waals surface area contributed by atoms with Gasteiger partial charge in [0.15, 0.2) is 0 Å². The number of allylic oxidation sites excluding steroid dienone is 1. The summed E-state index contributed by atoms with van der Waals surface area (Å²) in [5, 5.41) is 12.5. The van der Waals surface area contributed by atoms with E-state index >= 15 is 0 Å². The molecule has 0 fully saturated rings. The second-order valence-electron chi connectivity index (χ2n) is 4.80. The largest absolute Gasteiger partial charge is 0.478 e. The summed E-state index contributed by atoms with van der Waals surface area (Å²) in [6.07, 6.45) is 1.37. The highest BCUT2D eigenvalue weighted by Gasteiger charge is 2.11. The number of halogens is 2. The van der Waals surface area contributed by atoms with Crippen molar-refractivity contribution in [3.8, 4) is 0 Å². The van der Waals surface area contributed by atoms with Gasteiger partial charge >= 0.3 is 5.97 Å². The van der Waals surface area contributed by atoms with Gasteiger partial charge in [-0.15, -0.1) is 0 Å². The van der Waals surface area contributed by atoms with E-state index < -0.39 is 11.9 Å². The molecule has 0 aliphatic heterocycles. The van der Waals surface area contributed by atoms with Crippen LogP contribution in [0.3, 0.4) is 0 Å². The molecule has 0 heterocycles. The van der Waals surface area contributed by atoms with Crippen LogP contribution in [0.15, 0.2) is 48.5 Å². The van der Waals surface area contributed by atoms with E-state index in [1.807, 2.05) is 0 Å². The Hall–Kier alpha value is -2.30. The van der Waals surface area contributed by atoms with E-state index in [1.165, 1.54) is 18.2 Å². The van der Waals surface area contributed by atoms with E-state index in [1.54, 1.807) is 37.3 Å². The summed E-state index contributed by atoms with van der Waals surface area (Å²) in [5.41, 5.74) is 1.69. The maximum absolute atomic E-state index is 12.1. The van der Waals surface area contributed by atoms with Gasteiger partial charge in [0.05, 0.1) is 21.3 Å². The number of para-hydroxylation sites is 1. The zero-order valence-corrected chi connectivity index (χ0v) is 13.7. The van der Waals surface area contributed by atoms with E-state index in [4.69, 9.17) is 28.3 Å². The Morgan fingerprint density at radius 3 is 2.43 bits per heavy atom. The molecule has 118 valence electrons. The van der Waals surface area contributed by atoms with Gasteiger partial charge in [0.25, 0.3) is 0 Å². The molecule has 2 aromatic carbocycles. The van der Waals surface area contributed by atoms with Crippen LogP contribution < -0.4 is 5.32 Å². The van der Waals surface area contributed by atoms with Gasteiger partial charge in [0, 0.05) is 6.08 Å². The molecule has 0 aliphatic rings. The predicted molar refractivity (Wildman–Crippen MR) is 92.1 cm³/mol. The third-order valence-electron chi connectivity index (χ3n) is 3.14. The number of amides is 1. The van der Waals surface area contributed by atoms with Gasteiger partial charge in [-0.1, -0.05) is 41.4 Å². The van der Waals surface area contributed by atoms with Crippen LogP contribution in [0.1, 0.15) is 22.8 Å². The molecule has 0 spiro atoms. The third-order valence-corrected chi connectivity index (χ3v) is 3.88. The molecule has 1 amide bonds. The Labute approximate surface area is 143 Å². The first kappa shape index (κ1) is 17.1. The molecule has 6 heteroatoms. The van der Waals surface area contributed by atoms with E-state index in [-0.39, 0.29) is 11.3 Å². The molecule has 2 aromatic rings. The van der Waals surface area contributed by atoms with E-state index in [0.29, 0.717) is 15.6 Å². The summed E-state index contributed by atoms with van der Waals surface area (Å²) in [4.78, 5) is 23.2. The molecule has 0 aromatic heterocycles. The van der Waals surface area contributed by atoms with Gasteiger partial charge in [-0.3, -0.25) is 4.79 Å². The van der Waals surface area contributed by atoms with Gasteiger partial charge in [-0.2, -0.15) is 0 Å². The lowest BCUT2D eigenvalue weighted by molar-refractivity contribution is -0.111. The zero-order chi connectivity index (χ0) is 17.0. The molecule has 23 heavy (non-hydrogen) atoms. The number of carbonyl (C=O) groups excluding carboxylic acids is 1. The minimum Gasteiger partial charge on any atom is -0.478 e. The van der Waals surface area contributed by atoms with Crippen molar-refractivity contribution < 1.29 is 14.7 Å². The maximum Gasteiger partial charge on any atom is 0.337 e. The molecule has 0 saturated carbocycles. The first-order chi connectivity index (χ1) is 10.9. The highest BCUT2D eigenvalue weighted by atomic mass is 35.5. The lowest BCUT2D eigenvalue weighted by Gasteiger charge is -2.07. The molecular weight excluding hydrogens is 337 g/mol. The lowest BCUT2D eigenvalue weighted by Crippen LogP contribution is -2.12. The molecule has 4 nitrogen and oxygen atoms in total. The smallest absolute Gasteiger partial charge is 0.337 e. The number of hydrogen-bond acceptors (Lipinski definition) is 2. The Balaban J connectivity index is 2.21. The molecule has 0 aliphatic carbocycles. The van der Waals surface area contributed by atoms with Crippen molar-refractivity contribution in [3.05, 3.63) is 69.7 Å². The number of benzene rings is 2. The standard InChI is InChI=1S/C17H13Cl2NO3/c1-10(11-6-7-13(18)14(19)9-11)8-16(21)20-15-5-3-2-4-12(15)17(22)23/h2-9H,1H3,(H,20,21)(H,22,23). The van der Waals surface area contributed by atoms with Crippen molar-refractivity contribution >= 4 is 46.3 Å².